The van der Waals surface area contributed by atoms with Crippen LogP contribution in [0.25, 0.3) is 5.69 Å². The van der Waals surface area contributed by atoms with Gasteiger partial charge in [0, 0.05) is 26.2 Å². The Balaban J connectivity index is 1.53. The number of aryl methyl sites for hydroxylation is 1. The van der Waals surface area contributed by atoms with Crippen molar-refractivity contribution in [2.24, 2.45) is 0 Å². The van der Waals surface area contributed by atoms with Gasteiger partial charge in [0.15, 0.2) is 0 Å². The molecule has 152 valence electrons. The Bertz CT molecular complexity index is 786. The molecule has 1 aromatic heterocycles. The van der Waals surface area contributed by atoms with Crippen molar-refractivity contribution in [3.63, 3.8) is 0 Å². The molecule has 1 atom stereocenters. The van der Waals surface area contributed by atoms with Crippen LogP contribution in [0.3, 0.4) is 0 Å². The molecule has 0 radical (unpaired) electrons. The molecule has 0 spiro atoms. The quantitative estimate of drug-likeness (QED) is 0.621. The Morgan fingerprint density at radius 2 is 2.18 bits per heavy atom. The lowest BCUT2D eigenvalue weighted by molar-refractivity contribution is 0.0166. The maximum atomic E-state index is 12.4. The van der Waals surface area contributed by atoms with Crippen molar-refractivity contribution in [1.82, 2.24) is 20.1 Å². The zero-order valence-corrected chi connectivity index (χ0v) is 17.3. The molecular weight excluding hydrogens is 403 g/mol. The fourth-order valence-corrected chi connectivity index (χ4v) is 3.54. The zero-order chi connectivity index (χ0) is 19.9. The molecule has 0 bridgehead atoms. The summed E-state index contributed by atoms with van der Waals surface area (Å²) in [7, 11) is 0. The molecule has 3 rings (SSSR count). The number of halogens is 2. The van der Waals surface area contributed by atoms with Gasteiger partial charge in [0.1, 0.15) is 11.5 Å². The molecule has 1 aromatic carbocycles. The van der Waals surface area contributed by atoms with E-state index < -0.39 is 0 Å². The second-order valence-corrected chi connectivity index (χ2v) is 7.32. The molecule has 0 aliphatic carbocycles. The molecule has 1 aliphatic rings. The number of ether oxygens (including phenoxy) is 2. The van der Waals surface area contributed by atoms with E-state index in [1.54, 1.807) is 18.2 Å². The summed E-state index contributed by atoms with van der Waals surface area (Å²) >= 11 is 12.5. The molecule has 9 heteroatoms. The van der Waals surface area contributed by atoms with Crippen LogP contribution in [-0.4, -0.2) is 53.1 Å². The summed E-state index contributed by atoms with van der Waals surface area (Å²) in [5, 5.41) is 8.03. The van der Waals surface area contributed by atoms with E-state index in [2.05, 4.69) is 15.4 Å². The number of para-hydroxylation sites is 1. The van der Waals surface area contributed by atoms with Crippen molar-refractivity contribution in [2.75, 3.05) is 26.4 Å². The first kappa shape index (κ1) is 21.0. The van der Waals surface area contributed by atoms with Crippen LogP contribution in [0.4, 0.5) is 0 Å². The van der Waals surface area contributed by atoms with E-state index in [4.69, 9.17) is 32.7 Å². The number of nitrogens with one attached hydrogen (secondary N) is 1. The summed E-state index contributed by atoms with van der Waals surface area (Å²) in [4.78, 5) is 16.7. The van der Waals surface area contributed by atoms with E-state index in [1.807, 2.05) is 6.92 Å². The van der Waals surface area contributed by atoms with Crippen molar-refractivity contribution in [3.05, 3.63) is 39.9 Å². The summed E-state index contributed by atoms with van der Waals surface area (Å²) in [6.45, 7) is 4.41. The molecule has 7 nitrogen and oxygen atoms in total. The molecular formula is C19H24Cl2N4O3. The molecule has 0 saturated carbocycles. The average molecular weight is 427 g/mol. The monoisotopic (exact) mass is 426 g/mol. The first-order valence-electron chi connectivity index (χ1n) is 9.48. The highest BCUT2D eigenvalue weighted by Gasteiger charge is 2.19. The van der Waals surface area contributed by atoms with Gasteiger partial charge in [-0.05, 0) is 31.4 Å². The van der Waals surface area contributed by atoms with Gasteiger partial charge in [-0.3, -0.25) is 4.79 Å². The summed E-state index contributed by atoms with van der Waals surface area (Å²) in [6.07, 6.45) is 3.66. The summed E-state index contributed by atoms with van der Waals surface area (Å²) in [5.41, 5.74) is 0.525. The summed E-state index contributed by atoms with van der Waals surface area (Å²) in [6, 6.07) is 5.20. The van der Waals surface area contributed by atoms with E-state index in [0.717, 1.165) is 19.4 Å². The van der Waals surface area contributed by atoms with Crippen molar-refractivity contribution in [3.8, 4) is 5.69 Å². The number of amides is 1. The normalized spacial score (nSPS) is 16.5. The van der Waals surface area contributed by atoms with E-state index in [0.29, 0.717) is 54.2 Å². The lowest BCUT2D eigenvalue weighted by Gasteiger charge is -2.10. The number of benzene rings is 1. The maximum Gasteiger partial charge on any atom is 0.290 e. The number of hydrogen-bond acceptors (Lipinski definition) is 5. The van der Waals surface area contributed by atoms with Crippen LogP contribution < -0.4 is 5.32 Å². The van der Waals surface area contributed by atoms with E-state index in [9.17, 15) is 4.79 Å². The third kappa shape index (κ3) is 5.23. The molecule has 2 heterocycles. The highest BCUT2D eigenvalue weighted by molar-refractivity contribution is 6.37. The van der Waals surface area contributed by atoms with Gasteiger partial charge in [0.05, 0.1) is 22.8 Å². The lowest BCUT2D eigenvalue weighted by Crippen LogP contribution is -2.27. The molecule has 1 fully saturated rings. The van der Waals surface area contributed by atoms with Crippen molar-refractivity contribution < 1.29 is 14.3 Å². The van der Waals surface area contributed by atoms with Gasteiger partial charge in [0.25, 0.3) is 5.91 Å². The van der Waals surface area contributed by atoms with Crippen LogP contribution in [0.2, 0.25) is 10.0 Å². The van der Waals surface area contributed by atoms with Gasteiger partial charge in [0.2, 0.25) is 5.82 Å². The number of carbonyl (C=O) groups excluding carboxylic acids is 1. The number of aromatic nitrogens is 3. The number of rotatable bonds is 9. The van der Waals surface area contributed by atoms with Crippen LogP contribution in [0.5, 0.6) is 0 Å². The SMILES string of the molecule is CCc1nc(C(=O)NCCCOCC2CCCO2)nn1-c1c(Cl)cccc1Cl. The minimum absolute atomic E-state index is 0.0908. The Morgan fingerprint density at radius 1 is 1.39 bits per heavy atom. The van der Waals surface area contributed by atoms with Gasteiger partial charge in [-0.25, -0.2) is 9.67 Å². The van der Waals surface area contributed by atoms with Gasteiger partial charge in [-0.1, -0.05) is 36.2 Å². The molecule has 1 N–H and O–H groups in total. The highest BCUT2D eigenvalue weighted by atomic mass is 35.5. The van der Waals surface area contributed by atoms with Crippen LogP contribution in [0.1, 0.15) is 42.6 Å². The van der Waals surface area contributed by atoms with E-state index in [1.165, 1.54) is 4.68 Å². The average Bonchev–Trinajstić information content (AvgIpc) is 3.34. The molecule has 28 heavy (non-hydrogen) atoms. The predicted molar refractivity (Wildman–Crippen MR) is 108 cm³/mol. The van der Waals surface area contributed by atoms with Crippen molar-refractivity contribution in [1.29, 1.82) is 0 Å². The van der Waals surface area contributed by atoms with Crippen LogP contribution >= 0.6 is 23.2 Å². The second kappa shape index (κ2) is 10.2. The Kier molecular flexibility index (Phi) is 7.67. The number of hydrogen-bond donors (Lipinski definition) is 1. The third-order valence-electron chi connectivity index (χ3n) is 4.42. The second-order valence-electron chi connectivity index (χ2n) is 6.51. The summed E-state index contributed by atoms with van der Waals surface area (Å²) < 4.78 is 12.6. The Labute approximate surface area is 174 Å². The summed E-state index contributed by atoms with van der Waals surface area (Å²) in [5.74, 6) is 0.365. The van der Waals surface area contributed by atoms with Gasteiger partial charge in [-0.2, -0.15) is 0 Å². The van der Waals surface area contributed by atoms with E-state index >= 15 is 0 Å². The van der Waals surface area contributed by atoms with Crippen LogP contribution in [0.15, 0.2) is 18.2 Å². The first-order valence-corrected chi connectivity index (χ1v) is 10.2. The smallest absolute Gasteiger partial charge is 0.290 e. The molecule has 1 saturated heterocycles. The first-order chi connectivity index (χ1) is 13.6. The molecule has 1 amide bonds. The fraction of sp³-hybridized carbons (Fsp3) is 0.526. The van der Waals surface area contributed by atoms with Crippen molar-refractivity contribution >= 4 is 29.1 Å². The van der Waals surface area contributed by atoms with Gasteiger partial charge in [-0.15, -0.1) is 5.10 Å². The van der Waals surface area contributed by atoms with Gasteiger partial charge >= 0.3 is 0 Å². The standard InChI is InChI=1S/C19H24Cl2N4O3/c1-2-16-23-18(24-25(16)17-14(20)7-3-8-15(17)21)19(26)22-9-5-10-27-12-13-6-4-11-28-13/h3,7-8,13H,2,4-6,9-12H2,1H3,(H,22,26). The topological polar surface area (TPSA) is 78.3 Å². The minimum Gasteiger partial charge on any atom is -0.379 e. The largest absolute Gasteiger partial charge is 0.379 e. The lowest BCUT2D eigenvalue weighted by atomic mass is 10.2. The van der Waals surface area contributed by atoms with Crippen molar-refractivity contribution in [2.45, 2.75) is 38.7 Å². The molecule has 1 aliphatic heterocycles. The van der Waals surface area contributed by atoms with Gasteiger partial charge < -0.3 is 14.8 Å². The Morgan fingerprint density at radius 3 is 2.86 bits per heavy atom. The molecule has 1 unspecified atom stereocenters. The van der Waals surface area contributed by atoms with Crippen LogP contribution in [0, 0.1) is 0 Å². The number of carbonyl (C=O) groups is 1. The minimum atomic E-state index is -0.337. The molecule has 2 aromatic rings. The predicted octanol–water partition coefficient (Wildman–Crippen LogP) is 3.45. The zero-order valence-electron chi connectivity index (χ0n) is 15.8. The number of nitrogens with zero attached hydrogens (tertiary/aromatic N) is 3. The fourth-order valence-electron chi connectivity index (χ4n) is 2.99. The maximum absolute atomic E-state index is 12.4. The van der Waals surface area contributed by atoms with Crippen LogP contribution in [-0.2, 0) is 15.9 Å². The van der Waals surface area contributed by atoms with E-state index in [-0.39, 0.29) is 17.8 Å². The Hall–Kier alpha value is -1.67. The third-order valence-corrected chi connectivity index (χ3v) is 5.03. The highest BCUT2D eigenvalue weighted by Crippen LogP contribution is 2.28.